The van der Waals surface area contributed by atoms with Gasteiger partial charge in [-0.3, -0.25) is 14.9 Å². The summed E-state index contributed by atoms with van der Waals surface area (Å²) < 4.78 is 11.7. The number of rotatable bonds is 6. The molecule has 32 heavy (non-hydrogen) atoms. The number of halogens is 1. The predicted octanol–water partition coefficient (Wildman–Crippen LogP) is 3.88. The maximum absolute atomic E-state index is 13.1. The van der Waals surface area contributed by atoms with Crippen LogP contribution in [0.2, 0.25) is 0 Å². The Balaban J connectivity index is 2.03. The van der Waals surface area contributed by atoms with Crippen LogP contribution in [0.1, 0.15) is 23.6 Å². The average molecular weight is 545 g/mol. The lowest BCUT2D eigenvalue weighted by Crippen LogP contribution is -2.54. The Morgan fingerprint density at radius 1 is 1.12 bits per heavy atom. The molecule has 0 unspecified atom stereocenters. The van der Waals surface area contributed by atoms with Crippen molar-refractivity contribution >= 4 is 52.2 Å². The van der Waals surface area contributed by atoms with Gasteiger partial charge < -0.3 is 9.47 Å². The van der Waals surface area contributed by atoms with Gasteiger partial charge >= 0.3 is 6.03 Å². The summed E-state index contributed by atoms with van der Waals surface area (Å²) >= 11 is 2.03. The molecule has 2 aromatic rings. The molecule has 1 aliphatic heterocycles. The van der Waals surface area contributed by atoms with Gasteiger partial charge in [0.05, 0.1) is 15.9 Å². The molecule has 2 aromatic carbocycles. The largest absolute Gasteiger partial charge is 0.490 e. The van der Waals surface area contributed by atoms with Crippen LogP contribution in [0.25, 0.3) is 6.08 Å². The van der Waals surface area contributed by atoms with Gasteiger partial charge in [-0.25, -0.2) is 9.69 Å². The van der Waals surface area contributed by atoms with E-state index in [-0.39, 0.29) is 12.2 Å². The lowest BCUT2D eigenvalue weighted by Gasteiger charge is -2.27. The molecule has 9 heteroatoms. The van der Waals surface area contributed by atoms with Gasteiger partial charge in [-0.2, -0.15) is 5.26 Å². The molecule has 1 fully saturated rings. The first kappa shape index (κ1) is 23.3. The van der Waals surface area contributed by atoms with E-state index >= 15 is 0 Å². The maximum atomic E-state index is 13.1. The van der Waals surface area contributed by atoms with E-state index in [0.29, 0.717) is 32.9 Å². The van der Waals surface area contributed by atoms with Gasteiger partial charge in [-0.1, -0.05) is 6.07 Å². The lowest BCUT2D eigenvalue weighted by molar-refractivity contribution is -0.122. The molecular weight excluding hydrogens is 525 g/mol. The molecule has 1 aliphatic rings. The van der Waals surface area contributed by atoms with Gasteiger partial charge in [-0.05, 0) is 90.4 Å². The number of aryl methyl sites for hydroxylation is 2. The number of benzene rings is 2. The van der Waals surface area contributed by atoms with Gasteiger partial charge in [0.15, 0.2) is 18.1 Å². The van der Waals surface area contributed by atoms with Crippen LogP contribution in [0, 0.1) is 28.7 Å². The molecule has 1 saturated heterocycles. The SMILES string of the molecule is CCOc1cc(/C=C2\C(=O)NC(=O)N(c3ccc(C)c(C)c3)C2=O)cc(I)c1OCC#N. The number of ether oxygens (including phenoxy) is 2. The number of carbonyl (C=O) groups is 3. The van der Waals surface area contributed by atoms with E-state index in [4.69, 9.17) is 14.7 Å². The van der Waals surface area contributed by atoms with E-state index in [2.05, 4.69) is 5.32 Å². The van der Waals surface area contributed by atoms with Crippen LogP contribution < -0.4 is 19.7 Å². The first-order chi connectivity index (χ1) is 15.3. The third kappa shape index (κ3) is 4.75. The van der Waals surface area contributed by atoms with E-state index < -0.39 is 17.8 Å². The van der Waals surface area contributed by atoms with Crippen molar-refractivity contribution in [3.63, 3.8) is 0 Å². The van der Waals surface area contributed by atoms with E-state index in [1.54, 1.807) is 31.2 Å². The van der Waals surface area contributed by atoms with Crippen LogP contribution in [0.3, 0.4) is 0 Å². The summed E-state index contributed by atoms with van der Waals surface area (Å²) in [5, 5.41) is 11.0. The van der Waals surface area contributed by atoms with Gasteiger partial charge in [0.2, 0.25) is 0 Å². The second kappa shape index (κ2) is 9.82. The fraction of sp³-hybridized carbons (Fsp3) is 0.217. The first-order valence-corrected chi connectivity index (χ1v) is 10.8. The van der Waals surface area contributed by atoms with Crippen molar-refractivity contribution in [3.05, 3.63) is 56.2 Å². The summed E-state index contributed by atoms with van der Waals surface area (Å²) in [4.78, 5) is 39.0. The minimum absolute atomic E-state index is 0.148. The topological polar surface area (TPSA) is 109 Å². The minimum atomic E-state index is -0.801. The van der Waals surface area contributed by atoms with Gasteiger partial charge in [0.25, 0.3) is 11.8 Å². The van der Waals surface area contributed by atoms with Crippen molar-refractivity contribution in [2.75, 3.05) is 18.1 Å². The second-order valence-electron chi connectivity index (χ2n) is 6.94. The molecule has 0 aliphatic carbocycles. The Labute approximate surface area is 198 Å². The highest BCUT2D eigenvalue weighted by atomic mass is 127. The van der Waals surface area contributed by atoms with E-state index in [0.717, 1.165) is 16.0 Å². The molecule has 3 rings (SSSR count). The Morgan fingerprint density at radius 3 is 2.53 bits per heavy atom. The van der Waals surface area contributed by atoms with E-state index in [9.17, 15) is 14.4 Å². The third-order valence-corrected chi connectivity index (χ3v) is 5.58. The Bertz CT molecular complexity index is 1180. The fourth-order valence-corrected chi connectivity index (χ4v) is 3.88. The minimum Gasteiger partial charge on any atom is -0.490 e. The Hall–Kier alpha value is -3.39. The first-order valence-electron chi connectivity index (χ1n) is 9.71. The number of carbonyl (C=O) groups excluding carboxylic acids is 3. The number of urea groups is 1. The molecule has 0 atom stereocenters. The lowest BCUT2D eigenvalue weighted by atomic mass is 10.0. The number of hydrogen-bond donors (Lipinski definition) is 1. The van der Waals surface area contributed by atoms with Crippen LogP contribution in [-0.4, -0.2) is 31.1 Å². The summed E-state index contributed by atoms with van der Waals surface area (Å²) in [6.07, 6.45) is 1.40. The number of anilines is 1. The quantitative estimate of drug-likeness (QED) is 0.336. The number of hydrogen-bond acceptors (Lipinski definition) is 6. The number of nitrogens with one attached hydrogen (secondary N) is 1. The maximum Gasteiger partial charge on any atom is 0.335 e. The zero-order valence-corrected chi connectivity index (χ0v) is 19.8. The van der Waals surface area contributed by atoms with Crippen molar-refractivity contribution < 1.29 is 23.9 Å². The zero-order valence-electron chi connectivity index (χ0n) is 17.7. The molecule has 1 heterocycles. The van der Waals surface area contributed by atoms with Crippen LogP contribution in [0.4, 0.5) is 10.5 Å². The highest BCUT2D eigenvalue weighted by molar-refractivity contribution is 14.1. The third-order valence-electron chi connectivity index (χ3n) is 4.77. The monoisotopic (exact) mass is 545 g/mol. The molecule has 0 radical (unpaired) electrons. The fourth-order valence-electron chi connectivity index (χ4n) is 3.10. The summed E-state index contributed by atoms with van der Waals surface area (Å²) in [6.45, 7) is 5.81. The Kier molecular flexibility index (Phi) is 7.15. The highest BCUT2D eigenvalue weighted by Gasteiger charge is 2.37. The molecular formula is C23H20IN3O5. The van der Waals surface area contributed by atoms with E-state index in [1.165, 1.54) is 6.08 Å². The van der Waals surface area contributed by atoms with Crippen molar-refractivity contribution in [2.45, 2.75) is 20.8 Å². The van der Waals surface area contributed by atoms with Crippen LogP contribution in [0.15, 0.2) is 35.9 Å². The van der Waals surface area contributed by atoms with Crippen molar-refractivity contribution in [3.8, 4) is 17.6 Å². The van der Waals surface area contributed by atoms with Gasteiger partial charge in [0, 0.05) is 0 Å². The summed E-state index contributed by atoms with van der Waals surface area (Å²) in [5.41, 5.74) is 2.62. The zero-order chi connectivity index (χ0) is 23.4. The van der Waals surface area contributed by atoms with Gasteiger partial charge in [0.1, 0.15) is 11.6 Å². The average Bonchev–Trinajstić information content (AvgIpc) is 2.73. The molecule has 0 saturated carbocycles. The smallest absolute Gasteiger partial charge is 0.335 e. The summed E-state index contributed by atoms with van der Waals surface area (Å²) in [5.74, 6) is -0.715. The van der Waals surface area contributed by atoms with Gasteiger partial charge in [-0.15, -0.1) is 0 Å². The van der Waals surface area contributed by atoms with Crippen LogP contribution in [-0.2, 0) is 9.59 Å². The molecule has 0 spiro atoms. The standard InChI is InChI=1S/C23H20IN3O5/c1-4-31-19-12-15(11-18(24)20(19)32-8-7-25)10-17-21(28)26-23(30)27(22(17)29)16-6-5-13(2)14(3)9-16/h5-6,9-12H,4,8H2,1-3H3,(H,26,28,30)/b17-10+. The van der Waals surface area contributed by atoms with Crippen molar-refractivity contribution in [1.29, 1.82) is 5.26 Å². The number of imide groups is 2. The predicted molar refractivity (Wildman–Crippen MR) is 126 cm³/mol. The molecule has 1 N–H and O–H groups in total. The molecule has 164 valence electrons. The molecule has 0 bridgehead atoms. The number of amides is 4. The van der Waals surface area contributed by atoms with Crippen molar-refractivity contribution in [1.82, 2.24) is 5.32 Å². The van der Waals surface area contributed by atoms with Crippen molar-refractivity contribution in [2.24, 2.45) is 0 Å². The number of nitriles is 1. The van der Waals surface area contributed by atoms with Crippen LogP contribution >= 0.6 is 22.6 Å². The Morgan fingerprint density at radius 2 is 1.88 bits per heavy atom. The summed E-state index contributed by atoms with van der Waals surface area (Å²) in [7, 11) is 0. The summed E-state index contributed by atoms with van der Waals surface area (Å²) in [6, 6.07) is 9.60. The molecule has 4 amide bonds. The second-order valence-corrected chi connectivity index (χ2v) is 8.10. The molecule has 8 nitrogen and oxygen atoms in total. The number of nitrogens with zero attached hydrogens (tertiary/aromatic N) is 2. The normalized spacial score (nSPS) is 14.9. The molecule has 0 aromatic heterocycles. The van der Waals surface area contributed by atoms with Crippen LogP contribution in [0.5, 0.6) is 11.5 Å². The number of barbiturate groups is 1. The van der Waals surface area contributed by atoms with E-state index in [1.807, 2.05) is 48.6 Å². The highest BCUT2D eigenvalue weighted by Crippen LogP contribution is 2.35.